The topological polar surface area (TPSA) is 38.3 Å². The fraction of sp³-hybridized carbons (Fsp3) is 0.364. The van der Waals surface area contributed by atoms with Crippen LogP contribution in [0.5, 0.6) is 0 Å². The highest BCUT2D eigenvalue weighted by Crippen LogP contribution is 2.10. The van der Waals surface area contributed by atoms with Gasteiger partial charge in [-0.2, -0.15) is 0 Å². The van der Waals surface area contributed by atoms with Crippen molar-refractivity contribution in [2.75, 3.05) is 12.4 Å². The SMILES string of the molecule is COC(=O)[C@@H](C)Nc1cccc(C)c1. The minimum atomic E-state index is -0.318. The minimum absolute atomic E-state index is 0.258. The molecule has 0 saturated carbocycles. The van der Waals surface area contributed by atoms with Crippen molar-refractivity contribution >= 4 is 11.7 Å². The molecule has 0 fully saturated rings. The molecule has 0 aromatic heterocycles. The number of esters is 1. The predicted octanol–water partition coefficient (Wildman–Crippen LogP) is 1.97. The predicted molar refractivity (Wildman–Crippen MR) is 56.3 cm³/mol. The summed E-state index contributed by atoms with van der Waals surface area (Å²) in [7, 11) is 1.39. The first kappa shape index (κ1) is 10.6. The zero-order chi connectivity index (χ0) is 10.6. The summed E-state index contributed by atoms with van der Waals surface area (Å²) < 4.78 is 4.61. The number of nitrogens with one attached hydrogen (secondary N) is 1. The van der Waals surface area contributed by atoms with Gasteiger partial charge < -0.3 is 10.1 Å². The maximum atomic E-state index is 11.1. The molecule has 76 valence electrons. The first-order chi connectivity index (χ1) is 6.63. The van der Waals surface area contributed by atoms with E-state index < -0.39 is 0 Å². The summed E-state index contributed by atoms with van der Waals surface area (Å²) in [5.74, 6) is -0.258. The Morgan fingerprint density at radius 3 is 2.79 bits per heavy atom. The highest BCUT2D eigenvalue weighted by atomic mass is 16.5. The molecule has 1 N–H and O–H groups in total. The van der Waals surface area contributed by atoms with Crippen LogP contribution in [0.2, 0.25) is 0 Å². The van der Waals surface area contributed by atoms with Crippen molar-refractivity contribution in [2.24, 2.45) is 0 Å². The molecule has 1 rings (SSSR count). The van der Waals surface area contributed by atoms with Crippen molar-refractivity contribution in [3.63, 3.8) is 0 Å². The molecule has 0 spiro atoms. The lowest BCUT2D eigenvalue weighted by atomic mass is 10.2. The third-order valence-electron chi connectivity index (χ3n) is 1.96. The third kappa shape index (κ3) is 2.76. The molecule has 0 saturated heterocycles. The molecular formula is C11H15NO2. The van der Waals surface area contributed by atoms with Crippen LogP contribution in [0.25, 0.3) is 0 Å². The smallest absolute Gasteiger partial charge is 0.327 e. The molecule has 0 aliphatic heterocycles. The highest BCUT2D eigenvalue weighted by Gasteiger charge is 2.11. The molecule has 3 nitrogen and oxygen atoms in total. The maximum absolute atomic E-state index is 11.1. The molecule has 1 aromatic carbocycles. The van der Waals surface area contributed by atoms with Gasteiger partial charge in [0.25, 0.3) is 0 Å². The van der Waals surface area contributed by atoms with Crippen LogP contribution in [0.4, 0.5) is 5.69 Å². The summed E-state index contributed by atoms with van der Waals surface area (Å²) in [6.45, 7) is 3.78. The van der Waals surface area contributed by atoms with Gasteiger partial charge in [0, 0.05) is 5.69 Å². The van der Waals surface area contributed by atoms with E-state index in [0.717, 1.165) is 11.3 Å². The third-order valence-corrected chi connectivity index (χ3v) is 1.96. The molecule has 0 heterocycles. The van der Waals surface area contributed by atoms with Gasteiger partial charge in [-0.05, 0) is 31.5 Å². The van der Waals surface area contributed by atoms with Crippen molar-refractivity contribution in [3.05, 3.63) is 29.8 Å². The second-order valence-corrected chi connectivity index (χ2v) is 3.26. The van der Waals surface area contributed by atoms with Crippen molar-refractivity contribution in [1.82, 2.24) is 0 Å². The summed E-state index contributed by atoms with van der Waals surface area (Å²) >= 11 is 0. The summed E-state index contributed by atoms with van der Waals surface area (Å²) in [5, 5.41) is 3.06. The standard InChI is InChI=1S/C11H15NO2/c1-8-5-4-6-10(7-8)12-9(2)11(13)14-3/h4-7,9,12H,1-3H3/t9-/m1/s1. The Morgan fingerprint density at radius 1 is 1.50 bits per heavy atom. The number of anilines is 1. The minimum Gasteiger partial charge on any atom is -0.467 e. The number of hydrogen-bond donors (Lipinski definition) is 1. The van der Waals surface area contributed by atoms with E-state index in [2.05, 4.69) is 10.1 Å². The van der Waals surface area contributed by atoms with Gasteiger partial charge >= 0.3 is 5.97 Å². The maximum Gasteiger partial charge on any atom is 0.327 e. The number of rotatable bonds is 3. The lowest BCUT2D eigenvalue weighted by molar-refractivity contribution is -0.141. The first-order valence-corrected chi connectivity index (χ1v) is 4.54. The number of carbonyl (C=O) groups excluding carboxylic acids is 1. The zero-order valence-electron chi connectivity index (χ0n) is 8.70. The van der Waals surface area contributed by atoms with E-state index in [1.807, 2.05) is 31.2 Å². The fourth-order valence-electron chi connectivity index (χ4n) is 1.22. The van der Waals surface area contributed by atoms with Crippen LogP contribution < -0.4 is 5.32 Å². The Labute approximate surface area is 84.1 Å². The zero-order valence-corrected chi connectivity index (χ0v) is 8.70. The van der Waals surface area contributed by atoms with Gasteiger partial charge in [0.2, 0.25) is 0 Å². The quantitative estimate of drug-likeness (QED) is 0.746. The first-order valence-electron chi connectivity index (χ1n) is 4.54. The molecule has 0 bridgehead atoms. The van der Waals surface area contributed by atoms with Crippen LogP contribution in [-0.2, 0) is 9.53 Å². The van der Waals surface area contributed by atoms with E-state index in [1.54, 1.807) is 6.92 Å². The summed E-state index contributed by atoms with van der Waals surface area (Å²) in [4.78, 5) is 11.1. The Balaban J connectivity index is 2.64. The summed E-state index contributed by atoms with van der Waals surface area (Å²) in [5.41, 5.74) is 2.09. The van der Waals surface area contributed by atoms with Gasteiger partial charge in [0.15, 0.2) is 0 Å². The van der Waals surface area contributed by atoms with Gasteiger partial charge in [0.1, 0.15) is 6.04 Å². The number of methoxy groups -OCH3 is 1. The van der Waals surface area contributed by atoms with Crippen molar-refractivity contribution in [1.29, 1.82) is 0 Å². The molecule has 0 unspecified atom stereocenters. The Bertz CT molecular complexity index is 323. The number of benzene rings is 1. The van der Waals surface area contributed by atoms with E-state index in [4.69, 9.17) is 0 Å². The van der Waals surface area contributed by atoms with Gasteiger partial charge in [0.05, 0.1) is 7.11 Å². The van der Waals surface area contributed by atoms with E-state index in [-0.39, 0.29) is 12.0 Å². The molecular weight excluding hydrogens is 178 g/mol. The van der Waals surface area contributed by atoms with E-state index in [1.165, 1.54) is 7.11 Å². The molecule has 0 radical (unpaired) electrons. The Kier molecular flexibility index (Phi) is 3.51. The molecule has 1 aromatic rings. The van der Waals surface area contributed by atoms with Crippen LogP contribution in [0.3, 0.4) is 0 Å². The Morgan fingerprint density at radius 2 is 2.21 bits per heavy atom. The van der Waals surface area contributed by atoms with Crippen LogP contribution >= 0.6 is 0 Å². The number of ether oxygens (including phenoxy) is 1. The van der Waals surface area contributed by atoms with Crippen molar-refractivity contribution in [3.8, 4) is 0 Å². The lowest BCUT2D eigenvalue weighted by Crippen LogP contribution is -2.27. The van der Waals surface area contributed by atoms with Crippen molar-refractivity contribution < 1.29 is 9.53 Å². The average Bonchev–Trinajstić information content (AvgIpc) is 2.16. The molecule has 3 heteroatoms. The second kappa shape index (κ2) is 4.65. The number of aryl methyl sites for hydroxylation is 1. The number of carbonyl (C=O) groups is 1. The lowest BCUT2D eigenvalue weighted by Gasteiger charge is -2.12. The van der Waals surface area contributed by atoms with E-state index >= 15 is 0 Å². The van der Waals surface area contributed by atoms with E-state index in [9.17, 15) is 4.79 Å². The Hall–Kier alpha value is -1.51. The fourth-order valence-corrected chi connectivity index (χ4v) is 1.22. The van der Waals surface area contributed by atoms with Gasteiger partial charge in [-0.25, -0.2) is 4.79 Å². The summed E-state index contributed by atoms with van der Waals surface area (Å²) in [6.07, 6.45) is 0. The van der Waals surface area contributed by atoms with Crippen LogP contribution in [-0.4, -0.2) is 19.1 Å². The highest BCUT2D eigenvalue weighted by molar-refractivity contribution is 5.78. The molecule has 0 amide bonds. The van der Waals surface area contributed by atoms with E-state index in [0.29, 0.717) is 0 Å². The molecule has 0 aliphatic carbocycles. The largest absolute Gasteiger partial charge is 0.467 e. The second-order valence-electron chi connectivity index (χ2n) is 3.26. The number of hydrogen-bond acceptors (Lipinski definition) is 3. The van der Waals surface area contributed by atoms with Crippen molar-refractivity contribution in [2.45, 2.75) is 19.9 Å². The van der Waals surface area contributed by atoms with Crippen LogP contribution in [0.1, 0.15) is 12.5 Å². The monoisotopic (exact) mass is 193 g/mol. The molecule has 0 aliphatic rings. The van der Waals surface area contributed by atoms with Gasteiger partial charge in [-0.1, -0.05) is 12.1 Å². The van der Waals surface area contributed by atoms with Gasteiger partial charge in [-0.3, -0.25) is 0 Å². The average molecular weight is 193 g/mol. The van der Waals surface area contributed by atoms with Crippen LogP contribution in [0, 0.1) is 6.92 Å². The molecule has 14 heavy (non-hydrogen) atoms. The summed E-state index contributed by atoms with van der Waals surface area (Å²) in [6, 6.07) is 7.54. The molecule has 1 atom stereocenters. The van der Waals surface area contributed by atoms with Crippen LogP contribution in [0.15, 0.2) is 24.3 Å². The normalized spacial score (nSPS) is 11.9. The van der Waals surface area contributed by atoms with Gasteiger partial charge in [-0.15, -0.1) is 0 Å².